The van der Waals surface area contributed by atoms with E-state index in [1.165, 1.54) is 5.56 Å². The van der Waals surface area contributed by atoms with Crippen LogP contribution in [0.1, 0.15) is 36.1 Å². The lowest BCUT2D eigenvalue weighted by Crippen LogP contribution is -2.60. The Morgan fingerprint density at radius 1 is 0.912 bits per heavy atom. The molecule has 9 heteroatoms. The summed E-state index contributed by atoms with van der Waals surface area (Å²) in [5.74, 6) is 0.351. The van der Waals surface area contributed by atoms with Crippen LogP contribution < -0.4 is 4.74 Å². The van der Waals surface area contributed by atoms with Gasteiger partial charge >= 0.3 is 6.16 Å². The van der Waals surface area contributed by atoms with Gasteiger partial charge in [-0.3, -0.25) is 0 Å². The van der Waals surface area contributed by atoms with Crippen molar-refractivity contribution in [2.24, 2.45) is 0 Å². The van der Waals surface area contributed by atoms with Gasteiger partial charge in [0.15, 0.2) is 0 Å². The van der Waals surface area contributed by atoms with Crippen LogP contribution in [-0.4, -0.2) is 70.5 Å². The first-order valence-corrected chi connectivity index (χ1v) is 11.3. The molecule has 1 aliphatic rings. The summed E-state index contributed by atoms with van der Waals surface area (Å²) >= 11 is 0. The van der Waals surface area contributed by atoms with Gasteiger partial charge in [0.2, 0.25) is 6.29 Å². The van der Waals surface area contributed by atoms with Crippen molar-refractivity contribution in [2.45, 2.75) is 64.0 Å². The minimum Gasteiger partial charge on any atom is -0.462 e. The van der Waals surface area contributed by atoms with E-state index in [-0.39, 0.29) is 13.2 Å². The summed E-state index contributed by atoms with van der Waals surface area (Å²) in [6, 6.07) is 13.4. The molecule has 1 heterocycles. The number of carbonyl (C=O) groups is 1. The standard InChI is InChI=1S/C25H32O9/c1-3-15-5-7-16(8-6-15)11-18-10-9-17(13-26)12-19(18)33-24-23(29)22(28)21(27)20(34-24)14-32-25(30)31-4-2/h5-10,12,20-24,26-29H,3-4,11,13-14H2,1-2H3/t20-,21-,22+,23-,24-/m1/s1. The van der Waals surface area contributed by atoms with Crippen molar-refractivity contribution in [1.29, 1.82) is 0 Å². The molecule has 0 aromatic heterocycles. The van der Waals surface area contributed by atoms with Gasteiger partial charge in [0.05, 0.1) is 13.2 Å². The number of aliphatic hydroxyl groups excluding tert-OH is 4. The van der Waals surface area contributed by atoms with E-state index < -0.39 is 43.5 Å². The molecular formula is C25H32O9. The summed E-state index contributed by atoms with van der Waals surface area (Å²) in [7, 11) is 0. The molecule has 0 unspecified atom stereocenters. The third-order valence-corrected chi connectivity index (χ3v) is 5.68. The van der Waals surface area contributed by atoms with E-state index in [0.29, 0.717) is 17.7 Å². The van der Waals surface area contributed by atoms with Crippen LogP contribution in [0.5, 0.6) is 5.75 Å². The maximum atomic E-state index is 11.5. The number of ether oxygens (including phenoxy) is 4. The Bertz CT molecular complexity index is 930. The van der Waals surface area contributed by atoms with E-state index in [9.17, 15) is 25.2 Å². The fourth-order valence-electron chi connectivity index (χ4n) is 3.65. The minimum absolute atomic E-state index is 0.116. The monoisotopic (exact) mass is 476 g/mol. The van der Waals surface area contributed by atoms with Crippen LogP contribution in [0, 0.1) is 0 Å². The van der Waals surface area contributed by atoms with Gasteiger partial charge in [-0.15, -0.1) is 0 Å². The predicted octanol–water partition coefficient (Wildman–Crippen LogP) is 1.69. The van der Waals surface area contributed by atoms with Crippen molar-refractivity contribution in [2.75, 3.05) is 13.2 Å². The zero-order valence-electron chi connectivity index (χ0n) is 19.3. The third kappa shape index (κ3) is 6.46. The molecule has 1 fully saturated rings. The van der Waals surface area contributed by atoms with Crippen molar-refractivity contribution in [1.82, 2.24) is 0 Å². The highest BCUT2D eigenvalue weighted by molar-refractivity contribution is 5.59. The van der Waals surface area contributed by atoms with E-state index in [2.05, 4.69) is 23.8 Å². The first-order chi connectivity index (χ1) is 16.4. The number of carbonyl (C=O) groups excluding carboxylic acids is 1. The highest BCUT2D eigenvalue weighted by atomic mass is 16.7. The Kier molecular flexibility index (Phi) is 9.26. The molecule has 0 radical (unpaired) electrons. The van der Waals surface area contributed by atoms with Crippen LogP contribution in [0.3, 0.4) is 0 Å². The number of aryl methyl sites for hydroxylation is 1. The normalized spacial score (nSPS) is 24.5. The summed E-state index contributed by atoms with van der Waals surface area (Å²) in [4.78, 5) is 11.5. The molecule has 0 saturated carbocycles. The lowest BCUT2D eigenvalue weighted by molar-refractivity contribution is -0.278. The fraction of sp³-hybridized carbons (Fsp3) is 0.480. The Morgan fingerprint density at radius 2 is 1.59 bits per heavy atom. The van der Waals surface area contributed by atoms with Crippen molar-refractivity contribution in [3.63, 3.8) is 0 Å². The van der Waals surface area contributed by atoms with Gasteiger partial charge in [0.1, 0.15) is 36.8 Å². The molecular weight excluding hydrogens is 444 g/mol. The van der Waals surface area contributed by atoms with Gasteiger partial charge in [-0.05, 0) is 41.7 Å². The molecule has 0 aliphatic carbocycles. The lowest BCUT2D eigenvalue weighted by Gasteiger charge is -2.40. The zero-order chi connectivity index (χ0) is 24.7. The maximum absolute atomic E-state index is 11.5. The van der Waals surface area contributed by atoms with E-state index >= 15 is 0 Å². The summed E-state index contributed by atoms with van der Waals surface area (Å²) in [5, 5.41) is 40.6. The van der Waals surface area contributed by atoms with Gasteiger partial charge in [-0.25, -0.2) is 4.79 Å². The highest BCUT2D eigenvalue weighted by Crippen LogP contribution is 2.29. The Labute approximate surface area is 198 Å². The average Bonchev–Trinajstić information content (AvgIpc) is 2.85. The minimum atomic E-state index is -1.60. The van der Waals surface area contributed by atoms with Gasteiger partial charge in [-0.1, -0.05) is 43.3 Å². The molecule has 0 amide bonds. The van der Waals surface area contributed by atoms with Crippen LogP contribution in [0.4, 0.5) is 4.79 Å². The van der Waals surface area contributed by atoms with Crippen molar-refractivity contribution in [3.8, 4) is 5.75 Å². The maximum Gasteiger partial charge on any atom is 0.508 e. The summed E-state index contributed by atoms with van der Waals surface area (Å²) in [6.45, 7) is 3.20. The Balaban J connectivity index is 1.78. The second-order valence-corrected chi connectivity index (χ2v) is 8.07. The fourth-order valence-corrected chi connectivity index (χ4v) is 3.65. The van der Waals surface area contributed by atoms with Crippen LogP contribution in [-0.2, 0) is 33.7 Å². The highest BCUT2D eigenvalue weighted by Gasteiger charge is 2.45. The molecule has 0 bridgehead atoms. The van der Waals surface area contributed by atoms with Crippen LogP contribution >= 0.6 is 0 Å². The Hall–Kier alpha value is -2.69. The molecule has 34 heavy (non-hydrogen) atoms. The topological polar surface area (TPSA) is 135 Å². The Morgan fingerprint density at radius 3 is 2.24 bits per heavy atom. The van der Waals surface area contributed by atoms with E-state index in [1.807, 2.05) is 18.2 Å². The number of hydrogen-bond donors (Lipinski definition) is 4. The number of hydrogen-bond acceptors (Lipinski definition) is 9. The van der Waals surface area contributed by atoms with Gasteiger partial charge < -0.3 is 39.4 Å². The molecule has 3 rings (SSSR count). The van der Waals surface area contributed by atoms with Crippen molar-refractivity contribution >= 4 is 6.16 Å². The number of rotatable bonds is 9. The van der Waals surface area contributed by atoms with Crippen LogP contribution in [0.15, 0.2) is 42.5 Å². The third-order valence-electron chi connectivity index (χ3n) is 5.68. The van der Waals surface area contributed by atoms with Crippen molar-refractivity contribution < 1.29 is 44.2 Å². The lowest BCUT2D eigenvalue weighted by atomic mass is 9.98. The first kappa shape index (κ1) is 25.9. The molecule has 0 spiro atoms. The molecule has 5 atom stereocenters. The summed E-state index contributed by atoms with van der Waals surface area (Å²) in [6.07, 6.45) is -6.67. The smallest absolute Gasteiger partial charge is 0.462 e. The van der Waals surface area contributed by atoms with Gasteiger partial charge in [0, 0.05) is 6.42 Å². The molecule has 2 aromatic rings. The molecule has 186 valence electrons. The largest absolute Gasteiger partial charge is 0.508 e. The molecule has 9 nitrogen and oxygen atoms in total. The van der Waals surface area contributed by atoms with E-state index in [1.54, 1.807) is 19.1 Å². The van der Waals surface area contributed by atoms with Crippen molar-refractivity contribution in [3.05, 3.63) is 64.7 Å². The number of benzene rings is 2. The molecule has 1 saturated heterocycles. The summed E-state index contributed by atoms with van der Waals surface area (Å²) in [5.41, 5.74) is 3.63. The number of aliphatic hydroxyl groups is 4. The zero-order valence-corrected chi connectivity index (χ0v) is 19.3. The second kappa shape index (κ2) is 12.1. The molecule has 4 N–H and O–H groups in total. The van der Waals surface area contributed by atoms with Crippen LogP contribution in [0.25, 0.3) is 0 Å². The average molecular weight is 477 g/mol. The molecule has 1 aliphatic heterocycles. The quantitative estimate of drug-likeness (QED) is 0.399. The van der Waals surface area contributed by atoms with E-state index in [0.717, 1.165) is 17.5 Å². The van der Waals surface area contributed by atoms with Gasteiger partial charge in [0.25, 0.3) is 0 Å². The molecule has 2 aromatic carbocycles. The first-order valence-electron chi connectivity index (χ1n) is 11.3. The van der Waals surface area contributed by atoms with Crippen LogP contribution in [0.2, 0.25) is 0 Å². The van der Waals surface area contributed by atoms with E-state index in [4.69, 9.17) is 14.2 Å². The SMILES string of the molecule is CCOC(=O)OC[C@H]1O[C@@H](Oc2cc(CO)ccc2Cc2ccc(CC)cc2)[C@H](O)[C@@H](O)[C@@H]1O. The summed E-state index contributed by atoms with van der Waals surface area (Å²) < 4.78 is 21.2. The predicted molar refractivity (Wildman–Crippen MR) is 121 cm³/mol. The second-order valence-electron chi connectivity index (χ2n) is 8.07. The van der Waals surface area contributed by atoms with Gasteiger partial charge in [-0.2, -0.15) is 0 Å².